The topological polar surface area (TPSA) is 62.2 Å². The van der Waals surface area contributed by atoms with Crippen molar-refractivity contribution in [3.05, 3.63) is 12.3 Å². The number of aromatic nitrogens is 2. The SMILES string of the molecule is CC(C)n1nccc1NC(=O)CN1CCCNCC1. The lowest BCUT2D eigenvalue weighted by Gasteiger charge is -2.19. The van der Waals surface area contributed by atoms with Gasteiger partial charge in [0.15, 0.2) is 0 Å². The minimum absolute atomic E-state index is 0.0318. The van der Waals surface area contributed by atoms with E-state index in [1.165, 1.54) is 0 Å². The van der Waals surface area contributed by atoms with Crippen LogP contribution in [0, 0.1) is 0 Å². The third-order valence-corrected chi connectivity index (χ3v) is 3.23. The van der Waals surface area contributed by atoms with Gasteiger partial charge in [-0.3, -0.25) is 9.69 Å². The molecule has 1 aliphatic heterocycles. The highest BCUT2D eigenvalue weighted by Gasteiger charge is 2.14. The van der Waals surface area contributed by atoms with Gasteiger partial charge in [-0.25, -0.2) is 4.68 Å². The smallest absolute Gasteiger partial charge is 0.239 e. The first-order valence-corrected chi connectivity index (χ1v) is 6.93. The summed E-state index contributed by atoms with van der Waals surface area (Å²) in [6, 6.07) is 2.08. The molecule has 2 rings (SSSR count). The van der Waals surface area contributed by atoms with Crippen LogP contribution < -0.4 is 10.6 Å². The van der Waals surface area contributed by atoms with Gasteiger partial charge in [0.1, 0.15) is 5.82 Å². The molecule has 0 radical (unpaired) electrons. The molecule has 106 valence electrons. The van der Waals surface area contributed by atoms with Crippen molar-refractivity contribution in [1.29, 1.82) is 0 Å². The molecule has 1 aromatic rings. The molecule has 1 saturated heterocycles. The molecule has 6 heteroatoms. The van der Waals surface area contributed by atoms with Gasteiger partial charge in [-0.05, 0) is 33.4 Å². The van der Waals surface area contributed by atoms with Crippen molar-refractivity contribution in [3.63, 3.8) is 0 Å². The highest BCUT2D eigenvalue weighted by Crippen LogP contribution is 2.12. The first-order valence-electron chi connectivity index (χ1n) is 6.93. The molecule has 0 spiro atoms. The zero-order valence-corrected chi connectivity index (χ0v) is 11.7. The summed E-state index contributed by atoms with van der Waals surface area (Å²) in [6.07, 6.45) is 2.81. The van der Waals surface area contributed by atoms with Gasteiger partial charge < -0.3 is 10.6 Å². The number of rotatable bonds is 4. The number of carbonyl (C=O) groups excluding carboxylic acids is 1. The summed E-state index contributed by atoms with van der Waals surface area (Å²) < 4.78 is 1.82. The highest BCUT2D eigenvalue weighted by molar-refractivity contribution is 5.91. The fraction of sp³-hybridized carbons (Fsp3) is 0.692. The largest absolute Gasteiger partial charge is 0.315 e. The molecule has 19 heavy (non-hydrogen) atoms. The molecule has 0 unspecified atom stereocenters. The Hall–Kier alpha value is -1.40. The number of amides is 1. The Balaban J connectivity index is 1.88. The van der Waals surface area contributed by atoms with E-state index in [-0.39, 0.29) is 11.9 Å². The third-order valence-electron chi connectivity index (χ3n) is 3.23. The van der Waals surface area contributed by atoms with E-state index < -0.39 is 0 Å². The van der Waals surface area contributed by atoms with Crippen LogP contribution in [0.1, 0.15) is 26.3 Å². The van der Waals surface area contributed by atoms with Crippen LogP contribution in [-0.4, -0.2) is 53.3 Å². The second kappa shape index (κ2) is 6.68. The predicted octanol–water partition coefficient (Wildman–Crippen LogP) is 0.698. The number of hydrogen-bond acceptors (Lipinski definition) is 4. The van der Waals surface area contributed by atoms with Crippen LogP contribution >= 0.6 is 0 Å². The molecule has 2 N–H and O–H groups in total. The van der Waals surface area contributed by atoms with E-state index in [0.717, 1.165) is 38.4 Å². The summed E-state index contributed by atoms with van der Waals surface area (Å²) in [5, 5.41) is 10.5. The Morgan fingerprint density at radius 1 is 1.47 bits per heavy atom. The van der Waals surface area contributed by atoms with Gasteiger partial charge in [0.05, 0.1) is 12.7 Å². The van der Waals surface area contributed by atoms with E-state index in [2.05, 4.69) is 20.6 Å². The van der Waals surface area contributed by atoms with Crippen molar-refractivity contribution in [2.45, 2.75) is 26.3 Å². The molecule has 1 aliphatic rings. The zero-order valence-electron chi connectivity index (χ0n) is 11.7. The lowest BCUT2D eigenvalue weighted by atomic mass is 10.3. The Kier molecular flexibility index (Phi) is 4.93. The summed E-state index contributed by atoms with van der Waals surface area (Å²) in [4.78, 5) is 14.2. The molecule has 0 saturated carbocycles. The molecule has 1 aromatic heterocycles. The van der Waals surface area contributed by atoms with Crippen LogP contribution in [0.25, 0.3) is 0 Å². The van der Waals surface area contributed by atoms with Crippen LogP contribution in [0.5, 0.6) is 0 Å². The summed E-state index contributed by atoms with van der Waals surface area (Å²) >= 11 is 0. The molecule has 0 aliphatic carbocycles. The molecule has 0 atom stereocenters. The lowest BCUT2D eigenvalue weighted by molar-refractivity contribution is -0.117. The molecule has 2 heterocycles. The van der Waals surface area contributed by atoms with Crippen LogP contribution in [-0.2, 0) is 4.79 Å². The Labute approximate surface area is 114 Å². The van der Waals surface area contributed by atoms with Gasteiger partial charge in [-0.1, -0.05) is 0 Å². The maximum absolute atomic E-state index is 12.1. The molecule has 1 amide bonds. The van der Waals surface area contributed by atoms with Crippen LogP contribution in [0.2, 0.25) is 0 Å². The predicted molar refractivity (Wildman–Crippen MR) is 75.2 cm³/mol. The maximum Gasteiger partial charge on any atom is 0.239 e. The minimum Gasteiger partial charge on any atom is -0.315 e. The Bertz CT molecular complexity index is 407. The standard InChI is InChI=1S/C13H23N5O/c1-11(2)18-12(4-6-15-18)16-13(19)10-17-8-3-5-14-7-9-17/h4,6,11,14H,3,5,7-10H2,1-2H3,(H,16,19). The van der Waals surface area contributed by atoms with Crippen molar-refractivity contribution >= 4 is 11.7 Å². The second-order valence-electron chi connectivity index (χ2n) is 5.18. The third kappa shape index (κ3) is 4.04. The van der Waals surface area contributed by atoms with Crippen molar-refractivity contribution in [1.82, 2.24) is 20.0 Å². The highest BCUT2D eigenvalue weighted by atomic mass is 16.2. The quantitative estimate of drug-likeness (QED) is 0.841. The van der Waals surface area contributed by atoms with Gasteiger partial charge in [-0.15, -0.1) is 0 Å². The van der Waals surface area contributed by atoms with Gasteiger partial charge in [0.25, 0.3) is 0 Å². The van der Waals surface area contributed by atoms with E-state index >= 15 is 0 Å². The number of nitrogens with zero attached hydrogens (tertiary/aromatic N) is 3. The van der Waals surface area contributed by atoms with Crippen molar-refractivity contribution < 1.29 is 4.79 Å². The molecule has 0 aromatic carbocycles. The normalized spacial score (nSPS) is 17.4. The summed E-state index contributed by atoms with van der Waals surface area (Å²) in [6.45, 7) is 8.44. The van der Waals surface area contributed by atoms with Crippen molar-refractivity contribution in [3.8, 4) is 0 Å². The molecule has 0 bridgehead atoms. The lowest BCUT2D eigenvalue weighted by Crippen LogP contribution is -2.36. The van der Waals surface area contributed by atoms with E-state index in [0.29, 0.717) is 6.54 Å². The van der Waals surface area contributed by atoms with Crippen LogP contribution in [0.15, 0.2) is 12.3 Å². The summed E-state index contributed by atoms with van der Waals surface area (Å²) in [5.74, 6) is 0.803. The number of carbonyl (C=O) groups is 1. The van der Waals surface area contributed by atoms with E-state index in [1.54, 1.807) is 6.20 Å². The molecular formula is C13H23N5O. The van der Waals surface area contributed by atoms with Crippen molar-refractivity contribution in [2.75, 3.05) is 38.0 Å². The van der Waals surface area contributed by atoms with Gasteiger partial charge in [0, 0.05) is 25.2 Å². The minimum atomic E-state index is 0.0318. The van der Waals surface area contributed by atoms with Gasteiger partial charge in [0.2, 0.25) is 5.91 Å². The zero-order chi connectivity index (χ0) is 13.7. The number of nitrogens with one attached hydrogen (secondary N) is 2. The molecule has 6 nitrogen and oxygen atoms in total. The Morgan fingerprint density at radius 3 is 3.11 bits per heavy atom. The fourth-order valence-corrected chi connectivity index (χ4v) is 2.27. The second-order valence-corrected chi connectivity index (χ2v) is 5.18. The average Bonchev–Trinajstić information content (AvgIpc) is 2.66. The molecular weight excluding hydrogens is 242 g/mol. The molecule has 1 fully saturated rings. The summed E-state index contributed by atoms with van der Waals surface area (Å²) in [5.41, 5.74) is 0. The van der Waals surface area contributed by atoms with Crippen LogP contribution in [0.3, 0.4) is 0 Å². The number of hydrogen-bond donors (Lipinski definition) is 2. The van der Waals surface area contributed by atoms with E-state index in [4.69, 9.17) is 0 Å². The first-order chi connectivity index (χ1) is 9.16. The van der Waals surface area contributed by atoms with Crippen LogP contribution in [0.4, 0.5) is 5.82 Å². The van der Waals surface area contributed by atoms with Gasteiger partial charge in [-0.2, -0.15) is 5.10 Å². The maximum atomic E-state index is 12.1. The van der Waals surface area contributed by atoms with E-state index in [9.17, 15) is 4.79 Å². The van der Waals surface area contributed by atoms with Gasteiger partial charge >= 0.3 is 0 Å². The average molecular weight is 265 g/mol. The van der Waals surface area contributed by atoms with E-state index in [1.807, 2.05) is 24.6 Å². The first kappa shape index (κ1) is 14.0. The summed E-state index contributed by atoms with van der Waals surface area (Å²) in [7, 11) is 0. The monoisotopic (exact) mass is 265 g/mol. The Morgan fingerprint density at radius 2 is 2.32 bits per heavy atom. The number of anilines is 1. The van der Waals surface area contributed by atoms with Crippen molar-refractivity contribution in [2.24, 2.45) is 0 Å². The fourth-order valence-electron chi connectivity index (χ4n) is 2.27.